The van der Waals surface area contributed by atoms with E-state index in [2.05, 4.69) is 20.4 Å². The van der Waals surface area contributed by atoms with Crippen molar-refractivity contribution in [3.63, 3.8) is 0 Å². The number of hydrogen-bond donors (Lipinski definition) is 2. The number of Topliss-reactive ketones (excluding diaryl/α,β-unsaturated/α-hetero) is 1. The molecular formula is C32H44N8O3S. The molecule has 0 bridgehead atoms. The Bertz CT molecular complexity index is 1410. The first kappa shape index (κ1) is 31.8. The molecule has 0 radical (unpaired) electrons. The highest BCUT2D eigenvalue weighted by Crippen LogP contribution is 2.39. The highest BCUT2D eigenvalue weighted by Gasteiger charge is 2.27. The van der Waals surface area contributed by atoms with Gasteiger partial charge in [-0.1, -0.05) is 25.0 Å². The zero-order valence-electron chi connectivity index (χ0n) is 26.3. The molecule has 44 heavy (non-hydrogen) atoms. The second-order valence-corrected chi connectivity index (χ2v) is 12.8. The van der Waals surface area contributed by atoms with Crippen molar-refractivity contribution in [3.05, 3.63) is 41.6 Å². The van der Waals surface area contributed by atoms with Gasteiger partial charge < -0.3 is 24.8 Å². The van der Waals surface area contributed by atoms with Crippen molar-refractivity contribution in [2.45, 2.75) is 62.4 Å². The number of aromatic nitrogens is 4. The third-order valence-corrected chi connectivity index (χ3v) is 8.97. The molecule has 1 aliphatic heterocycles. The first-order chi connectivity index (χ1) is 21.3. The quantitative estimate of drug-likeness (QED) is 0.260. The van der Waals surface area contributed by atoms with Gasteiger partial charge in [0.2, 0.25) is 11.7 Å². The molecule has 1 saturated heterocycles. The van der Waals surface area contributed by atoms with Gasteiger partial charge in [0.25, 0.3) is 0 Å². The summed E-state index contributed by atoms with van der Waals surface area (Å²) in [5, 5.41) is 11.2. The third kappa shape index (κ3) is 8.29. The molecule has 12 heteroatoms. The lowest BCUT2D eigenvalue weighted by Gasteiger charge is -2.36. The molecule has 1 amide bonds. The summed E-state index contributed by atoms with van der Waals surface area (Å²) < 4.78 is 6.15. The van der Waals surface area contributed by atoms with Crippen molar-refractivity contribution in [2.24, 2.45) is 5.92 Å². The molecule has 0 unspecified atom stereocenters. The zero-order chi connectivity index (χ0) is 31.1. The molecule has 2 N–H and O–H groups in total. The first-order valence-corrected chi connectivity index (χ1v) is 16.4. The minimum absolute atomic E-state index is 0.173. The topological polar surface area (TPSA) is 120 Å². The molecule has 2 fully saturated rings. The van der Waals surface area contributed by atoms with E-state index in [0.717, 1.165) is 48.4 Å². The minimum Gasteiger partial charge on any atom is -0.487 e. The van der Waals surface area contributed by atoms with Crippen molar-refractivity contribution in [1.82, 2.24) is 30.0 Å². The molecule has 0 atom stereocenters. The molecule has 0 spiro atoms. The van der Waals surface area contributed by atoms with E-state index < -0.39 is 0 Å². The lowest BCUT2D eigenvalue weighted by atomic mass is 9.97. The van der Waals surface area contributed by atoms with Crippen molar-refractivity contribution in [1.29, 1.82) is 0 Å². The zero-order valence-corrected chi connectivity index (χ0v) is 27.1. The van der Waals surface area contributed by atoms with Crippen LogP contribution in [0.1, 0.15) is 50.3 Å². The average molecular weight is 621 g/mol. The fourth-order valence-electron chi connectivity index (χ4n) is 5.66. The van der Waals surface area contributed by atoms with Crippen LogP contribution in [0.4, 0.5) is 17.5 Å². The van der Waals surface area contributed by atoms with Gasteiger partial charge >= 0.3 is 0 Å². The summed E-state index contributed by atoms with van der Waals surface area (Å²) in [6, 6.07) is 10.0. The molecule has 1 saturated carbocycles. The number of benzene rings is 1. The Morgan fingerprint density at radius 3 is 2.45 bits per heavy atom. The molecule has 2 aromatic heterocycles. The highest BCUT2D eigenvalue weighted by molar-refractivity contribution is 7.99. The van der Waals surface area contributed by atoms with Gasteiger partial charge in [-0.2, -0.15) is 5.10 Å². The van der Waals surface area contributed by atoms with Crippen LogP contribution in [0.15, 0.2) is 40.4 Å². The number of aryl methyl sites for hydroxylation is 1. The van der Waals surface area contributed by atoms with E-state index in [1.54, 1.807) is 0 Å². The monoisotopic (exact) mass is 620 g/mol. The maximum absolute atomic E-state index is 12.8. The molecule has 1 aliphatic carbocycles. The Balaban J connectivity index is 1.36. The van der Waals surface area contributed by atoms with Crippen molar-refractivity contribution in [3.8, 4) is 5.75 Å². The number of H-pyrrole nitrogens is 1. The van der Waals surface area contributed by atoms with Gasteiger partial charge in [-0.25, -0.2) is 9.97 Å². The smallest absolute Gasteiger partial charge is 0.223 e. The Morgan fingerprint density at radius 2 is 1.82 bits per heavy atom. The summed E-state index contributed by atoms with van der Waals surface area (Å²) in [6.07, 6.45) is 5.38. The molecule has 3 aromatic rings. The van der Waals surface area contributed by atoms with Crippen LogP contribution < -0.4 is 15.0 Å². The summed E-state index contributed by atoms with van der Waals surface area (Å²) in [6.45, 7) is 7.58. The van der Waals surface area contributed by atoms with E-state index in [-0.39, 0.29) is 11.8 Å². The summed E-state index contributed by atoms with van der Waals surface area (Å²) >= 11 is 1.46. The van der Waals surface area contributed by atoms with Crippen molar-refractivity contribution >= 4 is 40.9 Å². The van der Waals surface area contributed by atoms with Gasteiger partial charge in [0.15, 0.2) is 22.6 Å². The first-order valence-electron chi connectivity index (χ1n) is 15.6. The van der Waals surface area contributed by atoms with Crippen LogP contribution in [0, 0.1) is 12.8 Å². The molecule has 3 heterocycles. The van der Waals surface area contributed by atoms with E-state index in [1.807, 2.05) is 68.1 Å². The summed E-state index contributed by atoms with van der Waals surface area (Å²) in [5.74, 6) is 3.18. The molecule has 5 rings (SSSR count). The van der Waals surface area contributed by atoms with Crippen LogP contribution in [0.25, 0.3) is 0 Å². The van der Waals surface area contributed by atoms with E-state index in [1.165, 1.54) is 11.8 Å². The molecular weight excluding hydrogens is 576 g/mol. The second-order valence-electron chi connectivity index (χ2n) is 11.8. The Labute approximate surface area is 264 Å². The summed E-state index contributed by atoms with van der Waals surface area (Å²) in [4.78, 5) is 42.4. The number of nitrogens with one attached hydrogen (secondary N) is 2. The maximum atomic E-state index is 12.8. The second kappa shape index (κ2) is 14.9. The summed E-state index contributed by atoms with van der Waals surface area (Å²) in [5.41, 5.74) is 1.96. The minimum atomic E-state index is 0.173. The molecule has 2 aliphatic rings. The van der Waals surface area contributed by atoms with Crippen molar-refractivity contribution in [2.75, 3.05) is 63.6 Å². The van der Waals surface area contributed by atoms with E-state index in [9.17, 15) is 9.59 Å². The largest absolute Gasteiger partial charge is 0.487 e. The van der Waals surface area contributed by atoms with Crippen molar-refractivity contribution < 1.29 is 14.3 Å². The van der Waals surface area contributed by atoms with Crippen LogP contribution in [0.2, 0.25) is 0 Å². The van der Waals surface area contributed by atoms with Crippen LogP contribution in [0.5, 0.6) is 5.75 Å². The van der Waals surface area contributed by atoms with E-state index >= 15 is 0 Å². The number of aromatic amines is 1. The van der Waals surface area contributed by atoms with Crippen LogP contribution in [-0.4, -0.2) is 95.1 Å². The number of carbonyl (C=O) groups excluding carboxylic acids is 2. The molecule has 236 valence electrons. The van der Waals surface area contributed by atoms with Crippen LogP contribution in [0.3, 0.4) is 0 Å². The van der Waals surface area contributed by atoms with E-state index in [0.29, 0.717) is 79.8 Å². The fourth-order valence-corrected chi connectivity index (χ4v) is 6.42. The highest BCUT2D eigenvalue weighted by atomic mass is 32.2. The Morgan fingerprint density at radius 1 is 1.09 bits per heavy atom. The summed E-state index contributed by atoms with van der Waals surface area (Å²) in [7, 11) is 3.96. The number of ether oxygens (including phenoxy) is 1. The standard InChI is InChI=1S/C32H44N8O3S/c1-5-43-29-30(33-27-20-22(2)36-37-27)34-32(35-31(29)40-18-16-39(17-19-40)28(42)14-15-38(3)4)44-25-12-10-23(11-13-25)21-26(41)24-8-6-7-9-24/h10-13,20,24H,5-9,14-19,21H2,1-4H3,(H2,33,34,35,36,37). The van der Waals surface area contributed by atoms with Gasteiger partial charge in [-0.05, 0) is 70.2 Å². The molecule has 1 aromatic carbocycles. The number of nitrogens with zero attached hydrogens (tertiary/aromatic N) is 6. The van der Waals surface area contributed by atoms with Gasteiger partial charge in [-0.3, -0.25) is 14.7 Å². The van der Waals surface area contributed by atoms with Gasteiger partial charge in [0, 0.05) is 68.1 Å². The van der Waals surface area contributed by atoms with Gasteiger partial charge in [0.05, 0.1) is 6.61 Å². The number of piperazine rings is 1. The predicted molar refractivity (Wildman–Crippen MR) is 173 cm³/mol. The average Bonchev–Trinajstić information content (AvgIpc) is 3.70. The number of rotatable bonds is 13. The predicted octanol–water partition coefficient (Wildman–Crippen LogP) is 4.70. The van der Waals surface area contributed by atoms with Gasteiger partial charge in [-0.15, -0.1) is 0 Å². The lowest BCUT2D eigenvalue weighted by molar-refractivity contribution is -0.131. The number of anilines is 3. The SMILES string of the molecule is CCOc1c(Nc2cc(C)[nH]n2)nc(Sc2ccc(CC(=O)C3CCCC3)cc2)nc1N1CCN(C(=O)CCN(C)C)CC1. The Kier molecular flexibility index (Phi) is 10.8. The number of carbonyl (C=O) groups is 2. The molecule has 11 nitrogen and oxygen atoms in total. The maximum Gasteiger partial charge on any atom is 0.223 e. The normalized spacial score (nSPS) is 15.7. The van der Waals surface area contributed by atoms with E-state index in [4.69, 9.17) is 14.7 Å². The third-order valence-electron chi connectivity index (χ3n) is 8.09. The van der Waals surface area contributed by atoms with Crippen LogP contribution >= 0.6 is 11.8 Å². The number of amides is 1. The number of ketones is 1. The van der Waals surface area contributed by atoms with Gasteiger partial charge in [0.1, 0.15) is 5.78 Å². The Hall–Kier alpha value is -3.64. The fraction of sp³-hybridized carbons (Fsp3) is 0.531. The lowest BCUT2D eigenvalue weighted by Crippen LogP contribution is -2.49. The van der Waals surface area contributed by atoms with Crippen LogP contribution in [-0.2, 0) is 16.0 Å². The number of hydrogen-bond acceptors (Lipinski definition) is 10.